The predicted molar refractivity (Wildman–Crippen MR) is 73.6 cm³/mol. The smallest absolute Gasteiger partial charge is 0.417 e. The molecule has 2 heterocycles. The van der Waals surface area contributed by atoms with Crippen molar-refractivity contribution in [2.24, 2.45) is 0 Å². The Labute approximate surface area is 131 Å². The zero-order valence-electron chi connectivity index (χ0n) is 12.6. The number of amides is 2. The number of piperidine rings is 1. The summed E-state index contributed by atoms with van der Waals surface area (Å²) in [5.41, 5.74) is 0. The van der Waals surface area contributed by atoms with Gasteiger partial charge in [-0.2, -0.15) is 13.2 Å². The number of carbonyl (C=O) groups is 1. The summed E-state index contributed by atoms with van der Waals surface area (Å²) in [6.07, 6.45) is 0.758. The Morgan fingerprint density at radius 3 is 2.35 bits per heavy atom. The molecule has 0 atom stereocenters. The van der Waals surface area contributed by atoms with Crippen LogP contribution < -0.4 is 5.32 Å². The molecule has 1 N–H and O–H groups in total. The Hall–Kier alpha value is -1.80. The molecule has 3 rings (SSSR count). The molecule has 1 aliphatic heterocycles. The second-order valence-electron chi connectivity index (χ2n) is 6.14. The highest BCUT2D eigenvalue weighted by atomic mass is 19.4. The van der Waals surface area contributed by atoms with Gasteiger partial charge in [0.25, 0.3) is 0 Å². The highest BCUT2D eigenvalue weighted by Crippen LogP contribution is 2.32. The third-order valence-electron chi connectivity index (χ3n) is 4.50. The number of alkyl halides is 3. The lowest BCUT2D eigenvalue weighted by atomic mass is 9.97. The van der Waals surface area contributed by atoms with E-state index in [1.165, 1.54) is 0 Å². The van der Waals surface area contributed by atoms with E-state index in [-0.39, 0.29) is 23.9 Å². The third kappa shape index (κ3) is 3.76. The van der Waals surface area contributed by atoms with Gasteiger partial charge in [-0.1, -0.05) is 12.8 Å². The van der Waals surface area contributed by atoms with Crippen molar-refractivity contribution in [1.82, 2.24) is 20.4 Å². The molecule has 2 amide bonds. The first-order chi connectivity index (χ1) is 10.9. The molecule has 23 heavy (non-hydrogen) atoms. The molecule has 0 bridgehead atoms. The first-order valence-corrected chi connectivity index (χ1v) is 7.89. The monoisotopic (exact) mass is 332 g/mol. The molecule has 0 aromatic carbocycles. The number of hydrogen-bond donors (Lipinski definition) is 1. The van der Waals surface area contributed by atoms with Crippen LogP contribution in [0, 0.1) is 0 Å². The summed E-state index contributed by atoms with van der Waals surface area (Å²) in [6, 6.07) is 0.169. The quantitative estimate of drug-likeness (QED) is 0.904. The first kappa shape index (κ1) is 16.1. The summed E-state index contributed by atoms with van der Waals surface area (Å²) in [5, 5.41) is 9.57. The van der Waals surface area contributed by atoms with Crippen LogP contribution in [-0.2, 0) is 6.18 Å². The van der Waals surface area contributed by atoms with Gasteiger partial charge in [0.15, 0.2) is 0 Å². The number of rotatable bonds is 2. The van der Waals surface area contributed by atoms with E-state index in [4.69, 9.17) is 4.42 Å². The molecular formula is C14H19F3N4O2. The fourth-order valence-corrected chi connectivity index (χ4v) is 3.18. The Kier molecular flexibility index (Phi) is 4.45. The molecule has 128 valence electrons. The number of aromatic nitrogens is 2. The van der Waals surface area contributed by atoms with Gasteiger partial charge in [-0.3, -0.25) is 0 Å². The molecule has 1 saturated heterocycles. The van der Waals surface area contributed by atoms with Gasteiger partial charge in [0.1, 0.15) is 0 Å². The molecule has 0 radical (unpaired) electrons. The third-order valence-corrected chi connectivity index (χ3v) is 4.50. The van der Waals surface area contributed by atoms with Gasteiger partial charge in [0.05, 0.1) is 0 Å². The predicted octanol–water partition coefficient (Wildman–Crippen LogP) is 2.92. The van der Waals surface area contributed by atoms with E-state index in [0.29, 0.717) is 25.9 Å². The summed E-state index contributed by atoms with van der Waals surface area (Å²) < 4.78 is 42.1. The molecule has 9 heteroatoms. The Bertz CT molecular complexity index is 546. The fourth-order valence-electron chi connectivity index (χ4n) is 3.18. The molecule has 1 aromatic rings. The van der Waals surface area contributed by atoms with Crippen LogP contribution in [0.25, 0.3) is 0 Å². The van der Waals surface area contributed by atoms with Crippen LogP contribution in [-0.4, -0.2) is 40.3 Å². The van der Waals surface area contributed by atoms with E-state index in [9.17, 15) is 18.0 Å². The van der Waals surface area contributed by atoms with Crippen molar-refractivity contribution in [2.45, 2.75) is 56.7 Å². The van der Waals surface area contributed by atoms with Gasteiger partial charge in [-0.15, -0.1) is 10.2 Å². The molecule has 2 aliphatic rings. The number of likely N-dealkylation sites (tertiary alicyclic amines) is 1. The van der Waals surface area contributed by atoms with Gasteiger partial charge in [0, 0.05) is 25.0 Å². The van der Waals surface area contributed by atoms with Crippen molar-refractivity contribution in [3.63, 3.8) is 0 Å². The number of urea groups is 1. The number of halogens is 3. The van der Waals surface area contributed by atoms with Crippen molar-refractivity contribution in [3.05, 3.63) is 11.8 Å². The highest BCUT2D eigenvalue weighted by molar-refractivity contribution is 5.74. The lowest BCUT2D eigenvalue weighted by Crippen LogP contribution is -2.47. The van der Waals surface area contributed by atoms with Gasteiger partial charge in [-0.25, -0.2) is 4.79 Å². The minimum absolute atomic E-state index is 0.00757. The van der Waals surface area contributed by atoms with E-state index in [1.807, 2.05) is 0 Å². The first-order valence-electron chi connectivity index (χ1n) is 7.89. The highest BCUT2D eigenvalue weighted by Gasteiger charge is 2.39. The SMILES string of the molecule is O=C(NC1CCCC1)N1CCC(c2nnc(C(F)(F)F)o2)CC1. The van der Waals surface area contributed by atoms with Crippen LogP contribution in [0.5, 0.6) is 0 Å². The van der Waals surface area contributed by atoms with E-state index < -0.39 is 12.1 Å². The molecule has 6 nitrogen and oxygen atoms in total. The van der Waals surface area contributed by atoms with E-state index >= 15 is 0 Å². The van der Waals surface area contributed by atoms with Crippen molar-refractivity contribution in [1.29, 1.82) is 0 Å². The van der Waals surface area contributed by atoms with Gasteiger partial charge >= 0.3 is 18.1 Å². The van der Waals surface area contributed by atoms with Crippen LogP contribution >= 0.6 is 0 Å². The summed E-state index contributed by atoms with van der Waals surface area (Å²) in [7, 11) is 0. The number of nitrogens with one attached hydrogen (secondary N) is 1. The van der Waals surface area contributed by atoms with E-state index in [2.05, 4.69) is 15.5 Å². The largest absolute Gasteiger partial charge is 0.470 e. The second-order valence-corrected chi connectivity index (χ2v) is 6.14. The number of carbonyl (C=O) groups excluding carboxylic acids is 1. The zero-order chi connectivity index (χ0) is 16.4. The average molecular weight is 332 g/mol. The lowest BCUT2D eigenvalue weighted by Gasteiger charge is -2.31. The number of hydrogen-bond acceptors (Lipinski definition) is 4. The molecule has 0 unspecified atom stereocenters. The van der Waals surface area contributed by atoms with Crippen LogP contribution in [0.2, 0.25) is 0 Å². The summed E-state index contributed by atoms with van der Waals surface area (Å²) >= 11 is 0. The van der Waals surface area contributed by atoms with Crippen molar-refractivity contribution in [3.8, 4) is 0 Å². The van der Waals surface area contributed by atoms with Gasteiger partial charge in [0.2, 0.25) is 5.89 Å². The average Bonchev–Trinajstić information content (AvgIpc) is 3.18. The van der Waals surface area contributed by atoms with Crippen LogP contribution in [0.15, 0.2) is 4.42 Å². The summed E-state index contributed by atoms with van der Waals surface area (Å²) in [4.78, 5) is 13.9. The molecule has 1 aromatic heterocycles. The lowest BCUT2D eigenvalue weighted by molar-refractivity contribution is -0.157. The Morgan fingerprint density at radius 1 is 1.13 bits per heavy atom. The molecule has 1 saturated carbocycles. The van der Waals surface area contributed by atoms with Crippen LogP contribution in [0.1, 0.15) is 56.2 Å². The Balaban J connectivity index is 1.51. The normalized spacial score (nSPS) is 20.9. The standard InChI is InChI=1S/C14H19F3N4O2/c15-14(16,17)12-20-19-11(23-12)9-5-7-21(8-6-9)13(22)18-10-3-1-2-4-10/h9-10H,1-8H2,(H,18,22). The number of nitrogens with zero attached hydrogens (tertiary/aromatic N) is 3. The van der Waals surface area contributed by atoms with Crippen LogP contribution in [0.4, 0.5) is 18.0 Å². The Morgan fingerprint density at radius 2 is 1.78 bits per heavy atom. The topological polar surface area (TPSA) is 71.3 Å². The maximum Gasteiger partial charge on any atom is 0.470 e. The molecule has 1 aliphatic carbocycles. The minimum Gasteiger partial charge on any atom is -0.417 e. The fraction of sp³-hybridized carbons (Fsp3) is 0.786. The van der Waals surface area contributed by atoms with Gasteiger partial charge in [-0.05, 0) is 25.7 Å². The maximum absolute atomic E-state index is 12.5. The summed E-state index contributed by atoms with van der Waals surface area (Å²) in [5.74, 6) is -1.53. The molecule has 0 spiro atoms. The summed E-state index contributed by atoms with van der Waals surface area (Å²) in [6.45, 7) is 0.958. The van der Waals surface area contributed by atoms with Crippen molar-refractivity contribution >= 4 is 6.03 Å². The zero-order valence-corrected chi connectivity index (χ0v) is 12.6. The van der Waals surface area contributed by atoms with Gasteiger partial charge < -0.3 is 14.6 Å². The van der Waals surface area contributed by atoms with Crippen LogP contribution in [0.3, 0.4) is 0 Å². The van der Waals surface area contributed by atoms with E-state index in [0.717, 1.165) is 25.7 Å². The van der Waals surface area contributed by atoms with E-state index in [1.54, 1.807) is 4.90 Å². The molecular weight excluding hydrogens is 313 g/mol. The van der Waals surface area contributed by atoms with Crippen molar-refractivity contribution in [2.75, 3.05) is 13.1 Å². The minimum atomic E-state index is -4.62. The molecule has 2 fully saturated rings. The van der Waals surface area contributed by atoms with Crippen molar-refractivity contribution < 1.29 is 22.4 Å². The maximum atomic E-state index is 12.5. The second kappa shape index (κ2) is 6.37.